The number of hydrogen-bond acceptors (Lipinski definition) is 3. The quantitative estimate of drug-likeness (QED) is 0.787. The molecule has 142 valence electrons. The number of rotatable bonds is 6. The van der Waals surface area contributed by atoms with Crippen molar-refractivity contribution in [1.82, 2.24) is 15.5 Å². The summed E-state index contributed by atoms with van der Waals surface area (Å²) < 4.78 is 0. The fraction of sp³-hybridized carbons (Fsp3) is 0.632. The summed E-state index contributed by atoms with van der Waals surface area (Å²) in [6, 6.07) is 11.4. The van der Waals surface area contributed by atoms with Gasteiger partial charge in [0.05, 0.1) is 0 Å². The molecule has 3 rings (SSSR count). The summed E-state index contributed by atoms with van der Waals surface area (Å²) in [5, 5.41) is 6.60. The lowest BCUT2D eigenvalue weighted by Crippen LogP contribution is -2.37. The molecule has 1 aromatic rings. The first kappa shape index (κ1) is 22.2. The van der Waals surface area contributed by atoms with Crippen molar-refractivity contribution in [2.24, 2.45) is 5.92 Å². The molecule has 2 N–H and O–H groups in total. The highest BCUT2D eigenvalue weighted by Crippen LogP contribution is 2.24. The van der Waals surface area contributed by atoms with Gasteiger partial charge >= 0.3 is 0 Å². The molecule has 2 aliphatic rings. The Morgan fingerprint density at radius 3 is 2.72 bits per heavy atom. The van der Waals surface area contributed by atoms with Gasteiger partial charge in [-0.15, -0.1) is 24.8 Å². The van der Waals surface area contributed by atoms with Crippen LogP contribution in [-0.2, 0) is 4.79 Å². The lowest BCUT2D eigenvalue weighted by molar-refractivity contribution is -0.122. The number of carbonyl (C=O) groups is 1. The van der Waals surface area contributed by atoms with Crippen molar-refractivity contribution < 1.29 is 4.79 Å². The smallest absolute Gasteiger partial charge is 0.220 e. The molecule has 2 saturated heterocycles. The van der Waals surface area contributed by atoms with Crippen LogP contribution in [0.2, 0.25) is 0 Å². The van der Waals surface area contributed by atoms with Crippen LogP contribution >= 0.6 is 24.8 Å². The second-order valence-corrected chi connectivity index (χ2v) is 7.03. The van der Waals surface area contributed by atoms with Crippen LogP contribution in [0.15, 0.2) is 30.3 Å². The van der Waals surface area contributed by atoms with Crippen LogP contribution in [-0.4, -0.2) is 43.0 Å². The summed E-state index contributed by atoms with van der Waals surface area (Å²) in [5.74, 6) is 0.926. The summed E-state index contributed by atoms with van der Waals surface area (Å²) in [4.78, 5) is 14.6. The maximum atomic E-state index is 12.2. The molecular formula is C19H31Cl2N3O. The topological polar surface area (TPSA) is 44.4 Å². The van der Waals surface area contributed by atoms with Crippen molar-refractivity contribution in [1.29, 1.82) is 0 Å². The number of likely N-dealkylation sites (tertiary alicyclic amines) is 1. The van der Waals surface area contributed by atoms with Gasteiger partial charge in [0.25, 0.3) is 0 Å². The number of amides is 1. The van der Waals surface area contributed by atoms with Crippen molar-refractivity contribution >= 4 is 30.7 Å². The highest BCUT2D eigenvalue weighted by molar-refractivity contribution is 5.85. The third-order valence-corrected chi connectivity index (χ3v) is 5.36. The minimum absolute atomic E-state index is 0. The van der Waals surface area contributed by atoms with E-state index in [-0.39, 0.29) is 30.7 Å². The largest absolute Gasteiger partial charge is 0.352 e. The summed E-state index contributed by atoms with van der Waals surface area (Å²) in [6.45, 7) is 6.48. The van der Waals surface area contributed by atoms with Gasteiger partial charge in [-0.2, -0.15) is 0 Å². The Morgan fingerprint density at radius 2 is 2.04 bits per heavy atom. The van der Waals surface area contributed by atoms with Crippen molar-refractivity contribution in [3.05, 3.63) is 35.9 Å². The molecule has 0 saturated carbocycles. The van der Waals surface area contributed by atoms with Crippen LogP contribution in [0.25, 0.3) is 0 Å². The highest BCUT2D eigenvalue weighted by Gasteiger charge is 2.27. The summed E-state index contributed by atoms with van der Waals surface area (Å²) in [6.07, 6.45) is 3.99. The first-order chi connectivity index (χ1) is 11.2. The third kappa shape index (κ3) is 6.45. The summed E-state index contributed by atoms with van der Waals surface area (Å²) >= 11 is 0. The predicted molar refractivity (Wildman–Crippen MR) is 108 cm³/mol. The molecular weight excluding hydrogens is 357 g/mol. The standard InChI is InChI=1S/C19H29N3O.2ClH/c1-15(17-5-3-2-4-6-17)22-12-10-18(14-22)21-19(23)8-7-16-9-11-20-13-16;;/h2-6,15-16,18,20H,7-14H2,1H3,(H,21,23);2*1H. The Labute approximate surface area is 163 Å². The Kier molecular flexibility index (Phi) is 9.80. The van der Waals surface area contributed by atoms with E-state index in [0.717, 1.165) is 39.0 Å². The molecule has 0 aliphatic carbocycles. The molecule has 1 aromatic carbocycles. The molecule has 6 heteroatoms. The SMILES string of the molecule is CC(c1ccccc1)N1CCC(NC(=O)CCC2CCNC2)C1.Cl.Cl. The summed E-state index contributed by atoms with van der Waals surface area (Å²) in [5.41, 5.74) is 1.35. The van der Waals surface area contributed by atoms with Crippen LogP contribution in [0.3, 0.4) is 0 Å². The van der Waals surface area contributed by atoms with Gasteiger partial charge in [0.1, 0.15) is 0 Å². The maximum Gasteiger partial charge on any atom is 0.220 e. The van der Waals surface area contributed by atoms with E-state index in [1.165, 1.54) is 12.0 Å². The Hall–Kier alpha value is -0.810. The van der Waals surface area contributed by atoms with Crippen LogP contribution in [0.5, 0.6) is 0 Å². The van der Waals surface area contributed by atoms with Gasteiger partial charge in [-0.25, -0.2) is 0 Å². The Morgan fingerprint density at radius 1 is 1.28 bits per heavy atom. The molecule has 3 unspecified atom stereocenters. The van der Waals surface area contributed by atoms with Crippen molar-refractivity contribution in [3.63, 3.8) is 0 Å². The van der Waals surface area contributed by atoms with Crippen molar-refractivity contribution in [2.75, 3.05) is 26.2 Å². The van der Waals surface area contributed by atoms with Gasteiger partial charge in [0.2, 0.25) is 5.91 Å². The molecule has 4 nitrogen and oxygen atoms in total. The first-order valence-electron chi connectivity index (χ1n) is 9.01. The third-order valence-electron chi connectivity index (χ3n) is 5.36. The molecule has 2 aliphatic heterocycles. The van der Waals surface area contributed by atoms with E-state index < -0.39 is 0 Å². The zero-order valence-corrected chi connectivity index (χ0v) is 16.6. The zero-order valence-electron chi connectivity index (χ0n) is 14.9. The van der Waals surface area contributed by atoms with Crippen LogP contribution in [0, 0.1) is 5.92 Å². The number of nitrogens with one attached hydrogen (secondary N) is 2. The highest BCUT2D eigenvalue weighted by atomic mass is 35.5. The fourth-order valence-electron chi connectivity index (χ4n) is 3.80. The predicted octanol–water partition coefficient (Wildman–Crippen LogP) is 3.17. The van der Waals surface area contributed by atoms with Crippen molar-refractivity contribution in [2.45, 2.75) is 44.7 Å². The van der Waals surface area contributed by atoms with Gasteiger partial charge in [-0.05, 0) is 50.8 Å². The average molecular weight is 388 g/mol. The van der Waals surface area contributed by atoms with Gasteiger partial charge in [0, 0.05) is 31.6 Å². The first-order valence-corrected chi connectivity index (χ1v) is 9.01. The number of halogens is 2. The number of nitrogens with zero attached hydrogens (tertiary/aromatic N) is 1. The summed E-state index contributed by atoms with van der Waals surface area (Å²) in [7, 11) is 0. The van der Waals surface area contributed by atoms with E-state index >= 15 is 0 Å². The number of benzene rings is 1. The monoisotopic (exact) mass is 387 g/mol. The van der Waals surface area contributed by atoms with E-state index in [1.807, 2.05) is 0 Å². The van der Waals surface area contributed by atoms with Crippen LogP contribution in [0.1, 0.15) is 44.2 Å². The number of hydrogen-bond donors (Lipinski definition) is 2. The molecule has 2 heterocycles. The molecule has 0 bridgehead atoms. The molecule has 2 fully saturated rings. The minimum Gasteiger partial charge on any atom is -0.352 e. The normalized spacial score (nSPS) is 24.2. The van der Waals surface area contributed by atoms with Crippen molar-refractivity contribution in [3.8, 4) is 0 Å². The second kappa shape index (κ2) is 11.0. The Balaban J connectivity index is 0.00000156. The van der Waals surface area contributed by atoms with E-state index in [1.54, 1.807) is 0 Å². The maximum absolute atomic E-state index is 12.2. The molecule has 0 spiro atoms. The van der Waals surface area contributed by atoms with E-state index in [2.05, 4.69) is 52.8 Å². The zero-order chi connectivity index (χ0) is 16.1. The molecule has 3 atom stereocenters. The van der Waals surface area contributed by atoms with Crippen LogP contribution in [0.4, 0.5) is 0 Å². The van der Waals surface area contributed by atoms with Gasteiger partial charge in [0.15, 0.2) is 0 Å². The van der Waals surface area contributed by atoms with Crippen LogP contribution < -0.4 is 10.6 Å². The lowest BCUT2D eigenvalue weighted by atomic mass is 10.0. The van der Waals surface area contributed by atoms with Gasteiger partial charge < -0.3 is 10.6 Å². The average Bonchev–Trinajstić information content (AvgIpc) is 3.25. The molecule has 0 radical (unpaired) electrons. The van der Waals surface area contributed by atoms with Gasteiger partial charge in [-0.3, -0.25) is 9.69 Å². The molecule has 25 heavy (non-hydrogen) atoms. The minimum atomic E-state index is 0. The van der Waals surface area contributed by atoms with E-state index in [0.29, 0.717) is 24.4 Å². The fourth-order valence-corrected chi connectivity index (χ4v) is 3.80. The molecule has 0 aromatic heterocycles. The lowest BCUT2D eigenvalue weighted by Gasteiger charge is -2.24. The van der Waals surface area contributed by atoms with E-state index in [4.69, 9.17) is 0 Å². The molecule has 1 amide bonds. The Bertz CT molecular complexity index is 509. The second-order valence-electron chi connectivity index (χ2n) is 7.03. The number of carbonyl (C=O) groups excluding carboxylic acids is 1. The van der Waals surface area contributed by atoms with Gasteiger partial charge in [-0.1, -0.05) is 30.3 Å². The van der Waals surface area contributed by atoms with E-state index in [9.17, 15) is 4.79 Å².